The van der Waals surface area contributed by atoms with Crippen LogP contribution in [0.4, 0.5) is 0 Å². The Bertz CT molecular complexity index is 2310. The van der Waals surface area contributed by atoms with Crippen LogP contribution < -0.4 is 41.3 Å². The summed E-state index contributed by atoms with van der Waals surface area (Å²) in [7, 11) is -2.08. The summed E-state index contributed by atoms with van der Waals surface area (Å²) in [5.41, 5.74) is 6.42. The maximum Gasteiger partial charge on any atom is 0.128 e. The molecule has 8 aromatic carbocycles. The molecule has 0 fully saturated rings. The first kappa shape index (κ1) is 38.6. The third kappa shape index (κ3) is 8.81. The predicted molar refractivity (Wildman–Crippen MR) is 251 cm³/mol. The quantitative estimate of drug-likeness (QED) is 0.0964. The molecule has 0 aliphatic heterocycles. The van der Waals surface area contributed by atoms with Crippen molar-refractivity contribution in [1.29, 1.82) is 0 Å². The van der Waals surface area contributed by atoms with Gasteiger partial charge in [0.2, 0.25) is 0 Å². The summed E-state index contributed by atoms with van der Waals surface area (Å²) >= 11 is 0. The molecule has 0 aliphatic rings. The third-order valence-corrected chi connectivity index (χ3v) is 15.0. The highest BCUT2D eigenvalue weighted by Gasteiger charge is 2.30. The fraction of sp³-hybridized carbons (Fsp3) is 0.0370. The van der Waals surface area contributed by atoms with Gasteiger partial charge in [0.1, 0.15) is 24.7 Å². The van der Waals surface area contributed by atoms with Crippen LogP contribution in [0.25, 0.3) is 23.3 Å². The average Bonchev–Trinajstić information content (AvgIpc) is 3.30. The normalized spacial score (nSPS) is 11.0. The summed E-state index contributed by atoms with van der Waals surface area (Å²) in [5, 5.41) is 7.46. The van der Waals surface area contributed by atoms with E-state index in [0.29, 0.717) is 13.2 Å². The van der Waals surface area contributed by atoms with E-state index in [1.807, 2.05) is 12.2 Å². The topological polar surface area (TPSA) is 18.5 Å². The minimum atomic E-state index is -1.04. The Kier molecular flexibility index (Phi) is 12.5. The first-order valence-electron chi connectivity index (χ1n) is 19.5. The van der Waals surface area contributed by atoms with E-state index < -0.39 is 15.8 Å². The molecule has 8 rings (SSSR count). The number of rotatable bonds is 15. The standard InChI is InChI=1S/C54H44O2P2/c1-3-41-31-35-43(36-32-41)39-55-49-27-17-29-51(57(45-19-9-5-10-20-45)46-21-11-6-12-22-46)53(49)54-50(56-40-44-37-33-42(4-2)34-38-44)28-18-30-52(54)58(47-23-13-7-14-24-47)48-25-15-8-16-26-48/h3-38H,1-2,39-40H2. The molecule has 0 saturated carbocycles. The monoisotopic (exact) mass is 786 g/mol. The van der Waals surface area contributed by atoms with Crippen molar-refractivity contribution in [1.82, 2.24) is 0 Å². The van der Waals surface area contributed by atoms with Crippen molar-refractivity contribution in [2.75, 3.05) is 0 Å². The van der Waals surface area contributed by atoms with E-state index in [4.69, 9.17) is 9.47 Å². The summed E-state index contributed by atoms with van der Waals surface area (Å²) in [5.74, 6) is 1.63. The van der Waals surface area contributed by atoms with Crippen molar-refractivity contribution in [3.05, 3.63) is 242 Å². The molecular weight excluding hydrogens is 743 g/mol. The van der Waals surface area contributed by atoms with Crippen LogP contribution in [0.15, 0.2) is 219 Å². The van der Waals surface area contributed by atoms with Gasteiger partial charge in [0.25, 0.3) is 0 Å². The highest BCUT2D eigenvalue weighted by atomic mass is 31.1. The minimum Gasteiger partial charge on any atom is -0.488 e. The van der Waals surface area contributed by atoms with Crippen LogP contribution in [0.5, 0.6) is 11.5 Å². The van der Waals surface area contributed by atoms with Crippen LogP contribution in [0.1, 0.15) is 22.3 Å². The van der Waals surface area contributed by atoms with Crippen LogP contribution in [0.3, 0.4) is 0 Å². The fourth-order valence-corrected chi connectivity index (χ4v) is 12.1. The Balaban J connectivity index is 1.40. The Morgan fingerprint density at radius 1 is 0.345 bits per heavy atom. The van der Waals surface area contributed by atoms with Crippen LogP contribution in [0, 0.1) is 0 Å². The second-order valence-electron chi connectivity index (χ2n) is 13.8. The molecule has 58 heavy (non-hydrogen) atoms. The van der Waals surface area contributed by atoms with E-state index in [0.717, 1.165) is 44.9 Å². The molecule has 0 heterocycles. The average molecular weight is 787 g/mol. The molecule has 0 N–H and O–H groups in total. The van der Waals surface area contributed by atoms with Crippen molar-refractivity contribution in [2.24, 2.45) is 0 Å². The van der Waals surface area contributed by atoms with E-state index in [-0.39, 0.29) is 0 Å². The Morgan fingerprint density at radius 2 is 0.655 bits per heavy atom. The van der Waals surface area contributed by atoms with Gasteiger partial charge in [-0.25, -0.2) is 0 Å². The van der Waals surface area contributed by atoms with Gasteiger partial charge in [-0.05, 0) is 82.1 Å². The fourth-order valence-electron chi connectivity index (χ4n) is 7.14. The molecule has 0 bridgehead atoms. The lowest BCUT2D eigenvalue weighted by molar-refractivity contribution is 0.303. The van der Waals surface area contributed by atoms with Gasteiger partial charge in [-0.3, -0.25) is 0 Å². The molecule has 0 aliphatic carbocycles. The van der Waals surface area contributed by atoms with Crippen LogP contribution in [-0.2, 0) is 13.2 Å². The first-order chi connectivity index (χ1) is 28.7. The van der Waals surface area contributed by atoms with Gasteiger partial charge in [0.05, 0.1) is 0 Å². The summed E-state index contributed by atoms with van der Waals surface area (Å²) in [6, 6.07) is 73.6. The zero-order valence-corrected chi connectivity index (χ0v) is 34.1. The van der Waals surface area contributed by atoms with Crippen molar-refractivity contribution in [3.63, 3.8) is 0 Å². The zero-order valence-electron chi connectivity index (χ0n) is 32.3. The number of hydrogen-bond donors (Lipinski definition) is 0. The van der Waals surface area contributed by atoms with Crippen molar-refractivity contribution in [3.8, 4) is 22.6 Å². The van der Waals surface area contributed by atoms with Gasteiger partial charge in [-0.1, -0.05) is 219 Å². The molecule has 282 valence electrons. The van der Waals surface area contributed by atoms with Gasteiger partial charge in [0, 0.05) is 11.1 Å². The molecule has 0 radical (unpaired) electrons. The Morgan fingerprint density at radius 3 is 0.948 bits per heavy atom. The van der Waals surface area contributed by atoms with Crippen LogP contribution >= 0.6 is 15.8 Å². The summed E-state index contributed by atoms with van der Waals surface area (Å²) in [4.78, 5) is 0. The number of ether oxygens (including phenoxy) is 2. The van der Waals surface area contributed by atoms with Crippen LogP contribution in [0.2, 0.25) is 0 Å². The number of benzene rings is 8. The van der Waals surface area contributed by atoms with Gasteiger partial charge in [0.15, 0.2) is 0 Å². The van der Waals surface area contributed by atoms with Crippen molar-refractivity contribution >= 4 is 59.8 Å². The van der Waals surface area contributed by atoms with Crippen molar-refractivity contribution < 1.29 is 9.47 Å². The van der Waals surface area contributed by atoms with Crippen LogP contribution in [-0.4, -0.2) is 0 Å². The number of hydrogen-bond acceptors (Lipinski definition) is 2. The molecule has 0 atom stereocenters. The molecule has 0 aromatic heterocycles. The highest BCUT2D eigenvalue weighted by molar-refractivity contribution is 7.80. The molecule has 0 amide bonds. The SMILES string of the molecule is C=Cc1ccc(COc2cccc(P(c3ccccc3)c3ccccc3)c2-c2c(OCc3ccc(C=C)cc3)cccc2P(c2ccccc2)c2ccccc2)cc1. The Hall–Kier alpha value is -6.30. The van der Waals surface area contributed by atoms with Gasteiger partial charge in [-0.15, -0.1) is 0 Å². The van der Waals surface area contributed by atoms with E-state index in [9.17, 15) is 0 Å². The zero-order chi connectivity index (χ0) is 39.5. The lowest BCUT2D eigenvalue weighted by Gasteiger charge is -2.29. The minimum absolute atomic E-state index is 0.405. The lowest BCUT2D eigenvalue weighted by atomic mass is 10.0. The molecule has 8 aromatic rings. The summed E-state index contributed by atoms with van der Waals surface area (Å²) in [6.45, 7) is 8.71. The maximum absolute atomic E-state index is 7.03. The summed E-state index contributed by atoms with van der Waals surface area (Å²) < 4.78 is 14.1. The Labute approximate surface area is 345 Å². The third-order valence-electron chi connectivity index (χ3n) is 10.0. The van der Waals surface area contributed by atoms with Crippen molar-refractivity contribution in [2.45, 2.75) is 13.2 Å². The van der Waals surface area contributed by atoms with E-state index in [2.05, 4.69) is 219 Å². The smallest absolute Gasteiger partial charge is 0.128 e. The molecular formula is C54H44O2P2. The van der Waals surface area contributed by atoms with Gasteiger partial charge in [-0.2, -0.15) is 0 Å². The highest BCUT2D eigenvalue weighted by Crippen LogP contribution is 2.47. The van der Waals surface area contributed by atoms with E-state index in [1.54, 1.807) is 0 Å². The second-order valence-corrected chi connectivity index (χ2v) is 18.2. The van der Waals surface area contributed by atoms with E-state index >= 15 is 0 Å². The lowest BCUT2D eigenvalue weighted by Crippen LogP contribution is -2.26. The molecule has 0 saturated heterocycles. The van der Waals surface area contributed by atoms with Gasteiger partial charge >= 0.3 is 0 Å². The van der Waals surface area contributed by atoms with Gasteiger partial charge < -0.3 is 9.47 Å². The summed E-state index contributed by atoms with van der Waals surface area (Å²) in [6.07, 6.45) is 3.73. The predicted octanol–water partition coefficient (Wildman–Crippen LogP) is 11.3. The maximum atomic E-state index is 7.03. The molecule has 0 spiro atoms. The first-order valence-corrected chi connectivity index (χ1v) is 22.1. The van der Waals surface area contributed by atoms with E-state index in [1.165, 1.54) is 31.8 Å². The second kappa shape index (κ2) is 18.8. The largest absolute Gasteiger partial charge is 0.488 e. The molecule has 2 nitrogen and oxygen atoms in total. The molecule has 4 heteroatoms. The molecule has 0 unspecified atom stereocenters.